The van der Waals surface area contributed by atoms with E-state index in [0.717, 1.165) is 24.9 Å². The molecule has 2 heterocycles. The Hall–Kier alpha value is -2.74. The van der Waals surface area contributed by atoms with Gasteiger partial charge >= 0.3 is 12.0 Å². The van der Waals surface area contributed by atoms with E-state index in [-0.39, 0.29) is 12.6 Å². The first-order valence-corrected chi connectivity index (χ1v) is 10.4. The van der Waals surface area contributed by atoms with Crippen LogP contribution >= 0.6 is 0 Å². The average Bonchev–Trinajstić information content (AvgIpc) is 2.74. The molecule has 1 saturated heterocycles. The Kier molecular flexibility index (Phi) is 7.20. The number of methoxy groups -OCH3 is 2. The molecule has 0 aliphatic carbocycles. The van der Waals surface area contributed by atoms with Gasteiger partial charge in [0.25, 0.3) is 0 Å². The van der Waals surface area contributed by atoms with Crippen LogP contribution in [0.4, 0.5) is 4.79 Å². The van der Waals surface area contributed by atoms with E-state index >= 15 is 0 Å². The first-order chi connectivity index (χ1) is 14.5. The van der Waals surface area contributed by atoms with E-state index in [1.165, 1.54) is 6.42 Å². The third-order valence-electron chi connectivity index (χ3n) is 5.69. The Morgan fingerprint density at radius 3 is 2.63 bits per heavy atom. The summed E-state index contributed by atoms with van der Waals surface area (Å²) < 4.78 is 16.1. The van der Waals surface area contributed by atoms with E-state index < -0.39 is 12.0 Å². The minimum atomic E-state index is -0.646. The number of piperidine rings is 1. The molecule has 0 spiro atoms. The van der Waals surface area contributed by atoms with Crippen LogP contribution in [0, 0.1) is 0 Å². The van der Waals surface area contributed by atoms with Gasteiger partial charge in [0.1, 0.15) is 0 Å². The molecule has 2 aliphatic rings. The highest BCUT2D eigenvalue weighted by atomic mass is 16.5. The van der Waals surface area contributed by atoms with Gasteiger partial charge in [-0.15, -0.1) is 0 Å². The molecule has 0 unspecified atom stereocenters. The summed E-state index contributed by atoms with van der Waals surface area (Å²) in [6.45, 7) is 5.63. The molecule has 2 aliphatic heterocycles. The van der Waals surface area contributed by atoms with Crippen LogP contribution in [0.15, 0.2) is 29.5 Å². The molecule has 2 N–H and O–H groups in total. The lowest BCUT2D eigenvalue weighted by Crippen LogP contribution is -2.50. The number of rotatable bonds is 7. The fraction of sp³-hybridized carbons (Fsp3) is 0.545. The van der Waals surface area contributed by atoms with Gasteiger partial charge in [-0.3, -0.25) is 4.90 Å². The van der Waals surface area contributed by atoms with Crippen molar-refractivity contribution in [2.45, 2.75) is 45.2 Å². The van der Waals surface area contributed by atoms with Gasteiger partial charge in [-0.1, -0.05) is 12.5 Å². The van der Waals surface area contributed by atoms with E-state index in [1.54, 1.807) is 33.3 Å². The Bertz CT molecular complexity index is 823. The lowest BCUT2D eigenvalue weighted by molar-refractivity contribution is -0.139. The predicted molar refractivity (Wildman–Crippen MR) is 112 cm³/mol. The SMILES string of the molecule is CCOC(=O)C1=C(CN2CCCC[C@H]2C)NC(=O)N[C@@H]1c1ccc(OC)c(OC)c1. The lowest BCUT2D eigenvalue weighted by atomic mass is 9.94. The van der Waals surface area contributed by atoms with Crippen molar-refractivity contribution < 1.29 is 23.8 Å². The summed E-state index contributed by atoms with van der Waals surface area (Å²) in [5.74, 6) is 0.659. The first kappa shape index (κ1) is 22.0. The number of nitrogens with one attached hydrogen (secondary N) is 2. The largest absolute Gasteiger partial charge is 0.493 e. The van der Waals surface area contributed by atoms with E-state index in [0.29, 0.717) is 35.4 Å². The Morgan fingerprint density at radius 1 is 1.20 bits per heavy atom. The Morgan fingerprint density at radius 2 is 1.97 bits per heavy atom. The van der Waals surface area contributed by atoms with Gasteiger partial charge in [0, 0.05) is 18.3 Å². The minimum Gasteiger partial charge on any atom is -0.493 e. The van der Waals surface area contributed by atoms with Gasteiger partial charge in [-0.2, -0.15) is 0 Å². The van der Waals surface area contributed by atoms with Crippen molar-refractivity contribution in [3.63, 3.8) is 0 Å². The maximum atomic E-state index is 13.0. The minimum absolute atomic E-state index is 0.252. The smallest absolute Gasteiger partial charge is 0.338 e. The van der Waals surface area contributed by atoms with Crippen LogP contribution in [0.1, 0.15) is 44.7 Å². The van der Waals surface area contributed by atoms with Crippen molar-refractivity contribution in [1.29, 1.82) is 0 Å². The molecule has 2 amide bonds. The molecular weight excluding hydrogens is 386 g/mol. The maximum Gasteiger partial charge on any atom is 0.338 e. The van der Waals surface area contributed by atoms with E-state index in [2.05, 4.69) is 22.5 Å². The van der Waals surface area contributed by atoms with Crippen molar-refractivity contribution in [3.8, 4) is 11.5 Å². The molecule has 1 fully saturated rings. The molecule has 2 atom stereocenters. The number of carbonyl (C=O) groups excluding carboxylic acids is 2. The number of hydrogen-bond acceptors (Lipinski definition) is 6. The van der Waals surface area contributed by atoms with Gasteiger partial charge < -0.3 is 24.8 Å². The van der Waals surface area contributed by atoms with E-state index in [1.807, 2.05) is 6.07 Å². The normalized spacial score (nSPS) is 22.2. The molecule has 1 aromatic carbocycles. The summed E-state index contributed by atoms with van der Waals surface area (Å²) >= 11 is 0. The standard InChI is InChI=1S/C22H31N3O5/c1-5-30-21(26)19-16(13-25-11-7-6-8-14(25)2)23-22(27)24-20(19)15-9-10-17(28-3)18(12-15)29-4/h9-10,12,14,20H,5-8,11,13H2,1-4H3,(H2,23,24,27)/t14-,20-/m1/s1. The molecule has 3 rings (SSSR count). The quantitative estimate of drug-likeness (QED) is 0.663. The number of urea groups is 1. The summed E-state index contributed by atoms with van der Waals surface area (Å²) in [4.78, 5) is 27.8. The average molecular weight is 418 g/mol. The van der Waals surface area contributed by atoms with E-state index in [9.17, 15) is 9.59 Å². The summed E-state index contributed by atoms with van der Waals surface area (Å²) in [5.41, 5.74) is 1.72. The molecular formula is C22H31N3O5. The maximum absolute atomic E-state index is 13.0. The summed E-state index contributed by atoms with van der Waals surface area (Å²) in [6, 6.07) is 4.75. The van der Waals surface area contributed by atoms with Crippen LogP contribution in [-0.2, 0) is 9.53 Å². The number of carbonyl (C=O) groups is 2. The predicted octanol–water partition coefficient (Wildman–Crippen LogP) is 2.75. The lowest BCUT2D eigenvalue weighted by Gasteiger charge is -2.36. The monoisotopic (exact) mass is 417 g/mol. The van der Waals surface area contributed by atoms with Gasteiger partial charge in [0.2, 0.25) is 0 Å². The van der Waals surface area contributed by atoms with Crippen LogP contribution in [-0.4, -0.2) is 56.9 Å². The van der Waals surface area contributed by atoms with Crippen LogP contribution < -0.4 is 20.1 Å². The van der Waals surface area contributed by atoms with Crippen molar-refractivity contribution in [2.75, 3.05) is 33.9 Å². The number of ether oxygens (including phenoxy) is 3. The highest BCUT2D eigenvalue weighted by Crippen LogP contribution is 2.35. The summed E-state index contributed by atoms with van der Waals surface area (Å²) in [5, 5.41) is 5.72. The molecule has 8 heteroatoms. The number of hydrogen-bond donors (Lipinski definition) is 2. The topological polar surface area (TPSA) is 89.1 Å². The number of amides is 2. The Labute approximate surface area is 177 Å². The van der Waals surface area contributed by atoms with Crippen molar-refractivity contribution >= 4 is 12.0 Å². The molecule has 0 aromatic heterocycles. The zero-order valence-corrected chi connectivity index (χ0v) is 18.1. The molecule has 1 aromatic rings. The summed E-state index contributed by atoms with van der Waals surface area (Å²) in [7, 11) is 3.11. The van der Waals surface area contributed by atoms with Crippen LogP contribution in [0.5, 0.6) is 11.5 Å². The molecule has 164 valence electrons. The molecule has 0 bridgehead atoms. The van der Waals surface area contributed by atoms with Gasteiger partial charge in [0.05, 0.1) is 32.4 Å². The second-order valence-corrected chi connectivity index (χ2v) is 7.57. The van der Waals surface area contributed by atoms with Gasteiger partial charge in [-0.25, -0.2) is 9.59 Å². The fourth-order valence-electron chi connectivity index (χ4n) is 4.07. The highest BCUT2D eigenvalue weighted by molar-refractivity contribution is 5.95. The second kappa shape index (κ2) is 9.84. The first-order valence-electron chi connectivity index (χ1n) is 10.4. The third-order valence-corrected chi connectivity index (χ3v) is 5.69. The van der Waals surface area contributed by atoms with Crippen molar-refractivity contribution in [2.24, 2.45) is 0 Å². The third kappa shape index (κ3) is 4.70. The second-order valence-electron chi connectivity index (χ2n) is 7.57. The number of benzene rings is 1. The summed E-state index contributed by atoms with van der Waals surface area (Å²) in [6.07, 6.45) is 3.41. The molecule has 30 heavy (non-hydrogen) atoms. The van der Waals surface area contributed by atoms with Crippen LogP contribution in [0.2, 0.25) is 0 Å². The highest BCUT2D eigenvalue weighted by Gasteiger charge is 2.35. The fourth-order valence-corrected chi connectivity index (χ4v) is 4.07. The van der Waals surface area contributed by atoms with Gasteiger partial charge in [0.15, 0.2) is 11.5 Å². The van der Waals surface area contributed by atoms with Crippen molar-refractivity contribution in [3.05, 3.63) is 35.0 Å². The molecule has 8 nitrogen and oxygen atoms in total. The number of likely N-dealkylation sites (tertiary alicyclic amines) is 1. The molecule has 0 radical (unpaired) electrons. The van der Waals surface area contributed by atoms with Crippen LogP contribution in [0.25, 0.3) is 0 Å². The van der Waals surface area contributed by atoms with Crippen LogP contribution in [0.3, 0.4) is 0 Å². The zero-order chi connectivity index (χ0) is 21.7. The van der Waals surface area contributed by atoms with Crippen molar-refractivity contribution in [1.82, 2.24) is 15.5 Å². The number of nitrogens with zero attached hydrogens (tertiary/aromatic N) is 1. The van der Waals surface area contributed by atoms with Gasteiger partial charge in [-0.05, 0) is 50.9 Å². The number of esters is 1. The Balaban J connectivity index is 2.03. The van der Waals surface area contributed by atoms with E-state index in [4.69, 9.17) is 14.2 Å². The molecule has 0 saturated carbocycles. The zero-order valence-electron chi connectivity index (χ0n) is 18.1.